The molecule has 0 bridgehead atoms. The monoisotopic (exact) mass is 356 g/mol. The summed E-state index contributed by atoms with van der Waals surface area (Å²) in [5.41, 5.74) is 1.39. The summed E-state index contributed by atoms with van der Waals surface area (Å²) >= 11 is 0. The molecule has 2 aromatic rings. The van der Waals surface area contributed by atoms with E-state index in [1.54, 1.807) is 0 Å². The third kappa shape index (κ3) is 2.91. The van der Waals surface area contributed by atoms with E-state index in [2.05, 4.69) is 14.8 Å². The molecule has 0 aromatic carbocycles. The Hall–Kier alpha value is -2.57. The highest BCUT2D eigenvalue weighted by Crippen LogP contribution is 2.35. The number of H-pyrrole nitrogens is 1. The Bertz CT molecular complexity index is 803. The number of aromatic nitrogens is 3. The zero-order valence-corrected chi connectivity index (χ0v) is 14.7. The maximum absolute atomic E-state index is 13.3. The zero-order valence-electron chi connectivity index (χ0n) is 14.7. The minimum absolute atomic E-state index is 0.0162. The lowest BCUT2D eigenvalue weighted by molar-refractivity contribution is 0.0578. The minimum Gasteiger partial charge on any atom is -0.478 e. The summed E-state index contributed by atoms with van der Waals surface area (Å²) in [4.78, 5) is 26.7. The number of carboxylic acids is 1. The van der Waals surface area contributed by atoms with Gasteiger partial charge in [-0.25, -0.2) is 4.79 Å². The van der Waals surface area contributed by atoms with Crippen molar-refractivity contribution in [2.45, 2.75) is 57.0 Å². The summed E-state index contributed by atoms with van der Waals surface area (Å²) in [5, 5.41) is 16.1. The summed E-state index contributed by atoms with van der Waals surface area (Å²) in [6, 6.07) is 3.95. The minimum atomic E-state index is -1.01. The van der Waals surface area contributed by atoms with E-state index in [4.69, 9.17) is 0 Å². The lowest BCUT2D eigenvalue weighted by atomic mass is 9.96. The fourth-order valence-corrected chi connectivity index (χ4v) is 4.42. The molecule has 3 heterocycles. The number of nitrogens with zero attached hydrogens (tertiary/aromatic N) is 3. The molecule has 7 heteroatoms. The van der Waals surface area contributed by atoms with Crippen LogP contribution >= 0.6 is 0 Å². The first-order valence-electron chi connectivity index (χ1n) is 9.41. The molecule has 1 saturated carbocycles. The van der Waals surface area contributed by atoms with E-state index in [0.717, 1.165) is 32.1 Å². The Morgan fingerprint density at radius 2 is 1.92 bits per heavy atom. The molecular formula is C19H24N4O3. The highest BCUT2D eigenvalue weighted by Gasteiger charge is 2.34. The van der Waals surface area contributed by atoms with Crippen molar-refractivity contribution >= 4 is 11.9 Å². The molecule has 26 heavy (non-hydrogen) atoms. The van der Waals surface area contributed by atoms with Crippen molar-refractivity contribution in [3.8, 4) is 0 Å². The standard InChI is InChI=1S/C19H24N4O3/c24-18(16-9-5-11-22(16)13-6-1-2-7-13)23-10-4-3-8-15(23)17-14(19(25)26)12-20-21-17/h5,9,11-13,15H,1-4,6-8,10H2,(H,20,21)(H,25,26). The number of piperidine rings is 1. The number of hydrogen-bond acceptors (Lipinski definition) is 3. The van der Waals surface area contributed by atoms with Gasteiger partial charge in [-0.1, -0.05) is 12.8 Å². The maximum atomic E-state index is 13.3. The Morgan fingerprint density at radius 3 is 2.69 bits per heavy atom. The van der Waals surface area contributed by atoms with Gasteiger partial charge in [0, 0.05) is 18.8 Å². The zero-order chi connectivity index (χ0) is 18.1. The molecule has 2 fully saturated rings. The largest absolute Gasteiger partial charge is 0.478 e. The molecule has 2 N–H and O–H groups in total. The van der Waals surface area contributed by atoms with Gasteiger partial charge < -0.3 is 14.6 Å². The van der Waals surface area contributed by atoms with Crippen LogP contribution in [0.4, 0.5) is 0 Å². The van der Waals surface area contributed by atoms with E-state index in [9.17, 15) is 14.7 Å². The highest BCUT2D eigenvalue weighted by atomic mass is 16.4. The first kappa shape index (κ1) is 16.9. The van der Waals surface area contributed by atoms with E-state index in [-0.39, 0.29) is 17.5 Å². The number of carbonyl (C=O) groups is 2. The number of rotatable bonds is 4. The molecule has 138 valence electrons. The van der Waals surface area contributed by atoms with Crippen molar-refractivity contribution in [2.75, 3.05) is 6.54 Å². The second-order valence-corrected chi connectivity index (χ2v) is 7.25. The first-order chi connectivity index (χ1) is 12.7. The summed E-state index contributed by atoms with van der Waals surface area (Å²) in [6.45, 7) is 0.636. The molecule has 7 nitrogen and oxygen atoms in total. The quantitative estimate of drug-likeness (QED) is 0.878. The SMILES string of the molecule is O=C(O)c1cn[nH]c1C1CCCCN1C(=O)c1cccn1C1CCCC1. The van der Waals surface area contributed by atoms with E-state index < -0.39 is 5.97 Å². The molecule has 0 radical (unpaired) electrons. The van der Waals surface area contributed by atoms with Gasteiger partial charge in [-0.15, -0.1) is 0 Å². The van der Waals surface area contributed by atoms with Gasteiger partial charge in [0.05, 0.1) is 17.9 Å². The van der Waals surface area contributed by atoms with Crippen LogP contribution in [-0.2, 0) is 0 Å². The van der Waals surface area contributed by atoms with Gasteiger partial charge in [-0.05, 0) is 44.2 Å². The second-order valence-electron chi connectivity index (χ2n) is 7.25. The highest BCUT2D eigenvalue weighted by molar-refractivity contribution is 5.94. The smallest absolute Gasteiger partial charge is 0.339 e. The summed E-state index contributed by atoms with van der Waals surface area (Å²) in [7, 11) is 0. The second kappa shape index (κ2) is 6.97. The molecule has 1 saturated heterocycles. The Kier molecular flexibility index (Phi) is 4.53. The van der Waals surface area contributed by atoms with Crippen LogP contribution in [0.1, 0.15) is 83.6 Å². The van der Waals surface area contributed by atoms with Crippen LogP contribution in [-0.4, -0.2) is 43.2 Å². The van der Waals surface area contributed by atoms with Crippen molar-refractivity contribution in [3.63, 3.8) is 0 Å². The van der Waals surface area contributed by atoms with Crippen LogP contribution < -0.4 is 0 Å². The van der Waals surface area contributed by atoms with Crippen LogP contribution in [0, 0.1) is 0 Å². The number of nitrogens with one attached hydrogen (secondary N) is 1. The molecule has 1 amide bonds. The van der Waals surface area contributed by atoms with Gasteiger partial charge in [0.25, 0.3) is 5.91 Å². The van der Waals surface area contributed by atoms with Crippen molar-refractivity contribution in [2.24, 2.45) is 0 Å². The normalized spacial score (nSPS) is 21.2. The van der Waals surface area contributed by atoms with Crippen molar-refractivity contribution < 1.29 is 14.7 Å². The first-order valence-corrected chi connectivity index (χ1v) is 9.41. The molecule has 1 aliphatic carbocycles. The molecule has 4 rings (SSSR count). The molecule has 2 aliphatic rings. The van der Waals surface area contributed by atoms with Crippen molar-refractivity contribution in [1.82, 2.24) is 19.7 Å². The van der Waals surface area contributed by atoms with Gasteiger partial charge in [0.1, 0.15) is 11.3 Å². The Labute approximate surface area is 152 Å². The molecule has 1 atom stereocenters. The average Bonchev–Trinajstić information content (AvgIpc) is 3.41. The van der Waals surface area contributed by atoms with Gasteiger partial charge in [0.2, 0.25) is 0 Å². The molecule has 1 unspecified atom stereocenters. The predicted octanol–water partition coefficient (Wildman–Crippen LogP) is 3.39. The van der Waals surface area contributed by atoms with Crippen molar-refractivity contribution in [3.05, 3.63) is 41.5 Å². The van der Waals surface area contributed by atoms with Gasteiger partial charge >= 0.3 is 5.97 Å². The molecule has 2 aromatic heterocycles. The lowest BCUT2D eigenvalue weighted by Gasteiger charge is -2.36. The van der Waals surface area contributed by atoms with Gasteiger partial charge in [-0.2, -0.15) is 5.10 Å². The van der Waals surface area contributed by atoms with E-state index >= 15 is 0 Å². The van der Waals surface area contributed by atoms with Crippen LogP contribution in [0.3, 0.4) is 0 Å². The number of aromatic amines is 1. The Balaban J connectivity index is 1.64. The number of carbonyl (C=O) groups excluding carboxylic acids is 1. The third-order valence-electron chi connectivity index (χ3n) is 5.71. The maximum Gasteiger partial charge on any atom is 0.339 e. The average molecular weight is 356 g/mol. The number of hydrogen-bond donors (Lipinski definition) is 2. The number of carboxylic acid groups (broad SMARTS) is 1. The van der Waals surface area contributed by atoms with Crippen LogP contribution in [0.15, 0.2) is 24.5 Å². The summed E-state index contributed by atoms with van der Waals surface area (Å²) < 4.78 is 2.12. The number of amides is 1. The van der Waals surface area contributed by atoms with Crippen molar-refractivity contribution in [1.29, 1.82) is 0 Å². The lowest BCUT2D eigenvalue weighted by Crippen LogP contribution is -2.40. The predicted molar refractivity (Wildman–Crippen MR) is 95.1 cm³/mol. The Morgan fingerprint density at radius 1 is 1.15 bits per heavy atom. The molecular weight excluding hydrogens is 332 g/mol. The fourth-order valence-electron chi connectivity index (χ4n) is 4.42. The fraction of sp³-hybridized carbons (Fsp3) is 0.526. The van der Waals surface area contributed by atoms with Crippen LogP contribution in [0.2, 0.25) is 0 Å². The van der Waals surface area contributed by atoms with Gasteiger partial charge in [-0.3, -0.25) is 9.89 Å². The number of likely N-dealkylation sites (tertiary alicyclic amines) is 1. The van der Waals surface area contributed by atoms with Crippen LogP contribution in [0.25, 0.3) is 0 Å². The summed E-state index contributed by atoms with van der Waals surface area (Å²) in [5.74, 6) is -1.03. The van der Waals surface area contributed by atoms with E-state index in [1.165, 1.54) is 19.0 Å². The van der Waals surface area contributed by atoms with E-state index in [0.29, 0.717) is 24.0 Å². The topological polar surface area (TPSA) is 91.2 Å². The van der Waals surface area contributed by atoms with E-state index in [1.807, 2.05) is 23.2 Å². The molecule has 0 spiro atoms. The van der Waals surface area contributed by atoms with Crippen LogP contribution in [0.5, 0.6) is 0 Å². The third-order valence-corrected chi connectivity index (χ3v) is 5.71. The summed E-state index contributed by atoms with van der Waals surface area (Å²) in [6.07, 6.45) is 10.6. The number of aromatic carboxylic acids is 1. The molecule has 1 aliphatic heterocycles. The van der Waals surface area contributed by atoms with Gasteiger partial charge in [0.15, 0.2) is 0 Å².